The number of nitro benzene ring substituents is 2. The van der Waals surface area contributed by atoms with E-state index < -0.39 is 9.85 Å². The van der Waals surface area contributed by atoms with Gasteiger partial charge in [0.15, 0.2) is 0 Å². The molecule has 2 aromatic rings. The Bertz CT molecular complexity index is 1240. The van der Waals surface area contributed by atoms with Crippen LogP contribution in [0.3, 0.4) is 0 Å². The van der Waals surface area contributed by atoms with Gasteiger partial charge in [-0.15, -0.1) is 11.6 Å². The predicted molar refractivity (Wildman–Crippen MR) is 157 cm³/mol. The smallest absolute Gasteiger partial charge is 0.271 e. The number of carbonyl (C=O) groups is 2. The minimum Gasteiger partial charge on any atom is -0.381 e. The van der Waals surface area contributed by atoms with Crippen LogP contribution in [0.5, 0.6) is 0 Å². The van der Waals surface area contributed by atoms with Crippen molar-refractivity contribution in [2.24, 2.45) is 0 Å². The molecule has 1 saturated heterocycles. The van der Waals surface area contributed by atoms with Crippen LogP contribution in [0.15, 0.2) is 36.4 Å². The Morgan fingerprint density at radius 1 is 0.829 bits per heavy atom. The van der Waals surface area contributed by atoms with Crippen LogP contribution < -0.4 is 9.80 Å². The number of hydrogen-bond donors (Lipinski definition) is 0. The molecule has 3 heterocycles. The lowest BCUT2D eigenvalue weighted by molar-refractivity contribution is -0.385. The predicted octanol–water partition coefficient (Wildman–Crippen LogP) is 4.35. The van der Waals surface area contributed by atoms with Crippen LogP contribution >= 0.6 is 11.6 Å². The number of amides is 2. The first-order valence-electron chi connectivity index (χ1n) is 13.6. The summed E-state index contributed by atoms with van der Waals surface area (Å²) in [5.74, 6) is -0.346. The number of ether oxygens (including phenoxy) is 1. The molecule has 3 aliphatic rings. The quantitative estimate of drug-likeness (QED) is 0.285. The molecule has 1 fully saturated rings. The SMILES string of the molecule is C1CCOC1.CN(C)CC(=O)N1CCCc2ccc([N+](=O)[O-])cc21.O=C(CCl)N1CCCc2ccc([N+](=O)[O-])cc21. The van der Waals surface area contributed by atoms with Gasteiger partial charge in [0.25, 0.3) is 11.4 Å². The Labute approximate surface area is 244 Å². The van der Waals surface area contributed by atoms with Crippen molar-refractivity contribution in [3.8, 4) is 0 Å². The molecule has 0 atom stereocenters. The fourth-order valence-electron chi connectivity index (χ4n) is 4.81. The molecule has 0 radical (unpaired) electrons. The van der Waals surface area contributed by atoms with Gasteiger partial charge in [0.1, 0.15) is 5.88 Å². The Morgan fingerprint density at radius 2 is 1.29 bits per heavy atom. The summed E-state index contributed by atoms with van der Waals surface area (Å²) in [7, 11) is 3.66. The summed E-state index contributed by atoms with van der Waals surface area (Å²) in [5, 5.41) is 21.5. The summed E-state index contributed by atoms with van der Waals surface area (Å²) >= 11 is 5.53. The van der Waals surface area contributed by atoms with E-state index in [1.54, 1.807) is 21.9 Å². The largest absolute Gasteiger partial charge is 0.381 e. The third kappa shape index (κ3) is 8.94. The van der Waals surface area contributed by atoms with Crippen LogP contribution in [0.2, 0.25) is 0 Å². The Kier molecular flexibility index (Phi) is 12.0. The van der Waals surface area contributed by atoms with Crippen LogP contribution in [0, 0.1) is 20.2 Å². The average Bonchev–Trinajstić information content (AvgIpc) is 3.56. The number of non-ortho nitro benzene ring substituents is 2. The number of carbonyl (C=O) groups excluding carboxylic acids is 2. The van der Waals surface area contributed by atoms with Gasteiger partial charge in [-0.05, 0) is 63.7 Å². The maximum atomic E-state index is 12.2. The highest BCUT2D eigenvalue weighted by Gasteiger charge is 2.25. The monoisotopic (exact) mass is 589 g/mol. The van der Waals surface area contributed by atoms with E-state index in [2.05, 4.69) is 0 Å². The number of nitrogens with zero attached hydrogens (tertiary/aromatic N) is 5. The number of fused-ring (bicyclic) bond motifs is 2. The van der Waals surface area contributed by atoms with Crippen LogP contribution in [-0.2, 0) is 27.2 Å². The molecular weight excluding hydrogens is 554 g/mol. The zero-order valence-electron chi connectivity index (χ0n) is 23.4. The van der Waals surface area contributed by atoms with Crippen LogP contribution in [0.25, 0.3) is 0 Å². The lowest BCUT2D eigenvalue weighted by Gasteiger charge is -2.30. The first kappa shape index (κ1) is 31.9. The van der Waals surface area contributed by atoms with Gasteiger partial charge in [0.05, 0.1) is 27.8 Å². The molecule has 0 unspecified atom stereocenters. The summed E-state index contributed by atoms with van der Waals surface area (Å²) in [6, 6.07) is 9.37. The molecule has 41 heavy (non-hydrogen) atoms. The number of halogens is 1. The molecule has 0 aliphatic carbocycles. The molecule has 0 saturated carbocycles. The van der Waals surface area contributed by atoms with E-state index in [9.17, 15) is 29.8 Å². The van der Waals surface area contributed by atoms with Crippen molar-refractivity contribution in [2.75, 3.05) is 62.6 Å². The molecule has 2 aromatic carbocycles. The molecule has 13 heteroatoms. The van der Waals surface area contributed by atoms with E-state index in [1.165, 1.54) is 42.0 Å². The number of rotatable bonds is 5. The van der Waals surface area contributed by atoms with Crippen LogP contribution in [0.1, 0.15) is 36.8 Å². The Hall–Kier alpha value is -3.61. The van der Waals surface area contributed by atoms with Crippen molar-refractivity contribution >= 4 is 46.2 Å². The molecule has 0 bridgehead atoms. The highest BCUT2D eigenvalue weighted by Crippen LogP contribution is 2.32. The van der Waals surface area contributed by atoms with Crippen LogP contribution in [0.4, 0.5) is 22.7 Å². The topological polar surface area (TPSA) is 139 Å². The van der Waals surface area contributed by atoms with Crippen molar-refractivity contribution in [1.29, 1.82) is 0 Å². The molecule has 3 aliphatic heterocycles. The summed E-state index contributed by atoms with van der Waals surface area (Å²) < 4.78 is 4.94. The van der Waals surface area contributed by atoms with Gasteiger partial charge >= 0.3 is 0 Å². The molecular formula is C28H36ClN5O7. The number of alkyl halides is 1. The van der Waals surface area contributed by atoms with E-state index in [-0.39, 0.29) is 29.1 Å². The first-order chi connectivity index (χ1) is 19.6. The van der Waals surface area contributed by atoms with Crippen molar-refractivity contribution < 1.29 is 24.2 Å². The molecule has 0 aromatic heterocycles. The van der Waals surface area contributed by atoms with Crippen molar-refractivity contribution in [3.05, 3.63) is 67.8 Å². The second-order valence-electron chi connectivity index (χ2n) is 10.1. The number of anilines is 2. The van der Waals surface area contributed by atoms with Crippen LogP contribution in [-0.4, -0.2) is 79.4 Å². The van der Waals surface area contributed by atoms with Gasteiger partial charge in [0, 0.05) is 50.6 Å². The Balaban J connectivity index is 0.000000193. The minimum atomic E-state index is -0.460. The number of benzene rings is 2. The maximum Gasteiger partial charge on any atom is 0.271 e. The average molecular weight is 590 g/mol. The lowest BCUT2D eigenvalue weighted by atomic mass is 10.0. The van der Waals surface area contributed by atoms with E-state index in [0.29, 0.717) is 31.0 Å². The second-order valence-corrected chi connectivity index (χ2v) is 10.4. The summed E-state index contributed by atoms with van der Waals surface area (Å²) in [4.78, 5) is 49.4. The molecule has 0 N–H and O–H groups in total. The summed E-state index contributed by atoms with van der Waals surface area (Å²) in [6.07, 6.45) is 6.00. The minimum absolute atomic E-state index is 0.00183. The fourth-order valence-corrected chi connectivity index (χ4v) is 4.95. The third-order valence-corrected chi connectivity index (χ3v) is 7.02. The highest BCUT2D eigenvalue weighted by atomic mass is 35.5. The van der Waals surface area contributed by atoms with Crippen molar-refractivity contribution in [1.82, 2.24) is 4.90 Å². The van der Waals surface area contributed by atoms with E-state index in [4.69, 9.17) is 16.3 Å². The zero-order chi connectivity index (χ0) is 29.9. The van der Waals surface area contributed by atoms with Gasteiger partial charge in [0.2, 0.25) is 11.8 Å². The summed E-state index contributed by atoms with van der Waals surface area (Å²) in [5.41, 5.74) is 3.30. The molecule has 5 rings (SSSR count). The lowest BCUT2D eigenvalue weighted by Crippen LogP contribution is -2.40. The van der Waals surface area contributed by atoms with E-state index in [0.717, 1.165) is 50.0 Å². The van der Waals surface area contributed by atoms with Gasteiger partial charge < -0.3 is 19.4 Å². The highest BCUT2D eigenvalue weighted by molar-refractivity contribution is 6.29. The Morgan fingerprint density at radius 3 is 1.66 bits per heavy atom. The molecule has 12 nitrogen and oxygen atoms in total. The van der Waals surface area contributed by atoms with E-state index in [1.807, 2.05) is 14.1 Å². The van der Waals surface area contributed by atoms with Gasteiger partial charge in [-0.2, -0.15) is 0 Å². The number of hydrogen-bond acceptors (Lipinski definition) is 8. The number of nitro groups is 2. The normalized spacial score (nSPS) is 15.5. The fraction of sp³-hybridized carbons (Fsp3) is 0.500. The van der Waals surface area contributed by atoms with Crippen molar-refractivity contribution in [3.63, 3.8) is 0 Å². The maximum absolute atomic E-state index is 12.2. The van der Waals surface area contributed by atoms with Gasteiger partial charge in [-0.1, -0.05) is 12.1 Å². The third-order valence-electron chi connectivity index (χ3n) is 6.79. The van der Waals surface area contributed by atoms with Crippen molar-refractivity contribution in [2.45, 2.75) is 38.5 Å². The molecule has 2 amide bonds. The standard InChI is InChI=1S/C13H17N3O3.C11H11ClN2O3.C4H8O/c1-14(2)9-13(17)15-7-3-4-10-5-6-11(16(18)19)8-12(10)15;12-7-11(15)13-5-1-2-8-3-4-9(14(16)17)6-10(8)13;1-2-4-5-3-1/h5-6,8H,3-4,7,9H2,1-2H3;3-4,6H,1-2,5,7H2;1-4H2. The summed E-state index contributed by atoms with van der Waals surface area (Å²) in [6.45, 7) is 3.50. The van der Waals surface area contributed by atoms with E-state index >= 15 is 0 Å². The second kappa shape index (κ2) is 15.4. The number of likely N-dealkylation sites (N-methyl/N-ethyl adjacent to an activating group) is 1. The number of aryl methyl sites for hydroxylation is 2. The van der Waals surface area contributed by atoms with Gasteiger partial charge in [-0.3, -0.25) is 29.8 Å². The molecule has 222 valence electrons. The molecule has 0 spiro atoms. The zero-order valence-corrected chi connectivity index (χ0v) is 24.2. The first-order valence-corrected chi connectivity index (χ1v) is 14.1. The van der Waals surface area contributed by atoms with Gasteiger partial charge in [-0.25, -0.2) is 0 Å².